The molecule has 1 aromatic carbocycles. The van der Waals surface area contributed by atoms with E-state index in [-0.39, 0.29) is 5.78 Å². The van der Waals surface area contributed by atoms with Gasteiger partial charge in [0.25, 0.3) is 0 Å². The summed E-state index contributed by atoms with van der Waals surface area (Å²) < 4.78 is 0.841. The van der Waals surface area contributed by atoms with Crippen molar-refractivity contribution in [2.45, 2.75) is 19.3 Å². The number of Topliss-reactive ketones (excluding diaryl/α,β-unsaturated/α-hetero) is 1. The lowest BCUT2D eigenvalue weighted by Gasteiger charge is -2.13. The maximum Gasteiger partial charge on any atom is 0.164 e. The fraction of sp³-hybridized carbons (Fsp3) is 0.462. The molecule has 0 aliphatic carbocycles. The van der Waals surface area contributed by atoms with Crippen LogP contribution in [0.2, 0.25) is 0 Å². The number of nitrogens with zero attached hydrogens (tertiary/aromatic N) is 1. The fourth-order valence-corrected chi connectivity index (χ4v) is 2.37. The maximum absolute atomic E-state index is 12.0. The number of anilines is 1. The van der Waals surface area contributed by atoms with Crippen molar-refractivity contribution >= 4 is 27.4 Å². The van der Waals surface area contributed by atoms with Gasteiger partial charge < -0.3 is 10.6 Å². The van der Waals surface area contributed by atoms with Crippen LogP contribution in [0.25, 0.3) is 0 Å². The summed E-state index contributed by atoms with van der Waals surface area (Å²) in [7, 11) is 0. The third kappa shape index (κ3) is 3.30. The molecule has 1 fully saturated rings. The third-order valence-electron chi connectivity index (χ3n) is 3.17. The molecule has 0 amide bonds. The highest BCUT2D eigenvalue weighted by Gasteiger charge is 2.14. The molecule has 0 radical (unpaired) electrons. The van der Waals surface area contributed by atoms with E-state index in [1.165, 1.54) is 12.8 Å². The van der Waals surface area contributed by atoms with Gasteiger partial charge in [-0.05, 0) is 54.0 Å². The van der Waals surface area contributed by atoms with E-state index < -0.39 is 0 Å². The van der Waals surface area contributed by atoms with Crippen molar-refractivity contribution in [1.29, 1.82) is 0 Å². The van der Waals surface area contributed by atoms with Crippen LogP contribution in [0, 0.1) is 0 Å². The van der Waals surface area contributed by atoms with Crippen LogP contribution >= 0.6 is 15.9 Å². The fourth-order valence-electron chi connectivity index (χ4n) is 2.13. The van der Waals surface area contributed by atoms with Gasteiger partial charge in [0, 0.05) is 28.7 Å². The lowest BCUT2D eigenvalue weighted by Crippen LogP contribution is -2.22. The zero-order valence-electron chi connectivity index (χ0n) is 9.79. The molecular weight excluding hydrogens is 280 g/mol. The quantitative estimate of drug-likeness (QED) is 0.686. The molecule has 0 spiro atoms. The second kappa shape index (κ2) is 5.65. The smallest absolute Gasteiger partial charge is 0.164 e. The number of benzene rings is 1. The first-order valence-corrected chi connectivity index (χ1v) is 6.77. The Balaban J connectivity index is 1.92. The number of likely N-dealkylation sites (tertiary alicyclic amines) is 1. The van der Waals surface area contributed by atoms with Crippen molar-refractivity contribution in [3.05, 3.63) is 28.2 Å². The predicted octanol–water partition coefficient (Wildman–Crippen LogP) is 2.70. The first kappa shape index (κ1) is 12.6. The molecule has 3 nitrogen and oxygen atoms in total. The molecule has 1 aliphatic rings. The van der Waals surface area contributed by atoms with Gasteiger partial charge in [-0.15, -0.1) is 0 Å². The van der Waals surface area contributed by atoms with Gasteiger partial charge in [-0.1, -0.05) is 6.07 Å². The number of ketones is 1. The minimum absolute atomic E-state index is 0.177. The van der Waals surface area contributed by atoms with Gasteiger partial charge in [0.05, 0.1) is 0 Å². The van der Waals surface area contributed by atoms with Crippen LogP contribution in [0.5, 0.6) is 0 Å². The molecule has 1 saturated heterocycles. The van der Waals surface area contributed by atoms with Crippen molar-refractivity contribution in [3.8, 4) is 0 Å². The predicted molar refractivity (Wildman–Crippen MR) is 73.2 cm³/mol. The summed E-state index contributed by atoms with van der Waals surface area (Å²) in [5.74, 6) is 0.177. The zero-order chi connectivity index (χ0) is 12.3. The summed E-state index contributed by atoms with van der Waals surface area (Å²) in [5.41, 5.74) is 7.10. The lowest BCUT2D eigenvalue weighted by molar-refractivity contribution is 0.0969. The molecular formula is C13H17BrN2O. The molecule has 17 heavy (non-hydrogen) atoms. The van der Waals surface area contributed by atoms with Gasteiger partial charge in [-0.3, -0.25) is 4.79 Å². The maximum atomic E-state index is 12.0. The molecule has 0 bridgehead atoms. The molecule has 1 aromatic rings. The molecule has 2 N–H and O–H groups in total. The van der Waals surface area contributed by atoms with E-state index in [2.05, 4.69) is 20.8 Å². The number of hydrogen-bond donors (Lipinski definition) is 1. The molecule has 4 heteroatoms. The van der Waals surface area contributed by atoms with Crippen LogP contribution in [0.1, 0.15) is 29.6 Å². The lowest BCUT2D eigenvalue weighted by atomic mass is 10.1. The monoisotopic (exact) mass is 296 g/mol. The molecule has 92 valence electrons. The Labute approximate surface area is 110 Å². The average molecular weight is 297 g/mol. The Morgan fingerprint density at radius 1 is 1.35 bits per heavy atom. The number of nitrogen functional groups attached to an aromatic ring is 1. The summed E-state index contributed by atoms with van der Waals surface area (Å²) in [4.78, 5) is 14.3. The van der Waals surface area contributed by atoms with Gasteiger partial charge in [-0.2, -0.15) is 0 Å². The van der Waals surface area contributed by atoms with Crippen molar-refractivity contribution in [3.63, 3.8) is 0 Å². The summed E-state index contributed by atoms with van der Waals surface area (Å²) in [6, 6.07) is 5.40. The molecule has 2 rings (SSSR count). The molecule has 0 aromatic heterocycles. The van der Waals surface area contributed by atoms with E-state index in [9.17, 15) is 4.79 Å². The number of rotatable bonds is 4. The number of halogens is 1. The van der Waals surface area contributed by atoms with E-state index >= 15 is 0 Å². The Morgan fingerprint density at radius 2 is 2.06 bits per heavy atom. The second-order valence-electron chi connectivity index (χ2n) is 4.46. The summed E-state index contributed by atoms with van der Waals surface area (Å²) in [6.07, 6.45) is 3.11. The molecule has 1 aliphatic heterocycles. The number of nitrogens with two attached hydrogens (primary N) is 1. The van der Waals surface area contributed by atoms with Gasteiger partial charge in [0.2, 0.25) is 0 Å². The standard InChI is InChI=1S/C13H17BrN2O/c14-11-4-3-10(9-12(11)15)13(17)5-8-16-6-1-2-7-16/h3-4,9H,1-2,5-8,15H2. The summed E-state index contributed by atoms with van der Waals surface area (Å²) in [6.45, 7) is 3.14. The SMILES string of the molecule is Nc1cc(C(=O)CCN2CCCC2)ccc1Br. The van der Waals surface area contributed by atoms with Gasteiger partial charge in [0.1, 0.15) is 0 Å². The van der Waals surface area contributed by atoms with Crippen molar-refractivity contribution in [2.75, 3.05) is 25.4 Å². The largest absolute Gasteiger partial charge is 0.398 e. The Morgan fingerprint density at radius 3 is 2.71 bits per heavy atom. The highest BCUT2D eigenvalue weighted by molar-refractivity contribution is 9.10. The average Bonchev–Trinajstić information content (AvgIpc) is 2.82. The van der Waals surface area contributed by atoms with Crippen LogP contribution in [0.15, 0.2) is 22.7 Å². The molecule has 1 heterocycles. The van der Waals surface area contributed by atoms with E-state index in [4.69, 9.17) is 5.73 Å². The van der Waals surface area contributed by atoms with E-state index in [0.29, 0.717) is 17.7 Å². The second-order valence-corrected chi connectivity index (χ2v) is 5.31. The third-order valence-corrected chi connectivity index (χ3v) is 3.89. The number of carbonyl (C=O) groups excluding carboxylic acids is 1. The van der Waals surface area contributed by atoms with Crippen molar-refractivity contribution in [2.24, 2.45) is 0 Å². The summed E-state index contributed by atoms with van der Waals surface area (Å²) in [5, 5.41) is 0. The van der Waals surface area contributed by atoms with Crippen molar-refractivity contribution < 1.29 is 4.79 Å². The van der Waals surface area contributed by atoms with Gasteiger partial charge in [0.15, 0.2) is 5.78 Å². The first-order chi connectivity index (χ1) is 8.16. The van der Waals surface area contributed by atoms with Crippen molar-refractivity contribution in [1.82, 2.24) is 4.90 Å². The van der Waals surface area contributed by atoms with Crippen LogP contribution in [-0.2, 0) is 0 Å². The van der Waals surface area contributed by atoms with Crippen LogP contribution in [-0.4, -0.2) is 30.3 Å². The van der Waals surface area contributed by atoms with Crippen LogP contribution < -0.4 is 5.73 Å². The molecule has 0 unspecified atom stereocenters. The summed E-state index contributed by atoms with van der Waals surface area (Å²) >= 11 is 3.33. The highest BCUT2D eigenvalue weighted by Crippen LogP contribution is 2.21. The number of hydrogen-bond acceptors (Lipinski definition) is 3. The van der Waals surface area contributed by atoms with E-state index in [1.54, 1.807) is 6.07 Å². The van der Waals surface area contributed by atoms with Gasteiger partial charge in [-0.25, -0.2) is 0 Å². The molecule has 0 atom stereocenters. The normalized spacial score (nSPS) is 16.3. The topological polar surface area (TPSA) is 46.3 Å². The Bertz CT molecular complexity index is 414. The Kier molecular flexibility index (Phi) is 4.18. The van der Waals surface area contributed by atoms with Gasteiger partial charge >= 0.3 is 0 Å². The van der Waals surface area contributed by atoms with Crippen LogP contribution in [0.4, 0.5) is 5.69 Å². The number of carbonyl (C=O) groups is 1. The first-order valence-electron chi connectivity index (χ1n) is 5.97. The molecule has 0 saturated carbocycles. The van der Waals surface area contributed by atoms with E-state index in [0.717, 1.165) is 24.1 Å². The minimum Gasteiger partial charge on any atom is -0.398 e. The van der Waals surface area contributed by atoms with Crippen LogP contribution in [0.3, 0.4) is 0 Å². The minimum atomic E-state index is 0.177. The zero-order valence-corrected chi connectivity index (χ0v) is 11.4. The highest BCUT2D eigenvalue weighted by atomic mass is 79.9. The van der Waals surface area contributed by atoms with E-state index in [1.807, 2.05) is 12.1 Å². The Hall–Kier alpha value is -0.870.